The number of carbonyl (C=O) groups excluding carboxylic acids is 1. The van der Waals surface area contributed by atoms with E-state index in [-0.39, 0.29) is 11.8 Å². The molecular formula is C15H21FO2. The molecule has 0 bridgehead atoms. The summed E-state index contributed by atoms with van der Waals surface area (Å²) in [5, 5.41) is 0. The zero-order valence-corrected chi connectivity index (χ0v) is 11.7. The van der Waals surface area contributed by atoms with Gasteiger partial charge >= 0.3 is 5.97 Å². The maximum Gasteiger partial charge on any atom is 0.312 e. The Bertz CT molecular complexity index is 419. The predicted molar refractivity (Wildman–Crippen MR) is 69.6 cm³/mol. The summed E-state index contributed by atoms with van der Waals surface area (Å²) in [6, 6.07) is 6.02. The van der Waals surface area contributed by atoms with Crippen molar-refractivity contribution in [1.82, 2.24) is 0 Å². The van der Waals surface area contributed by atoms with Gasteiger partial charge in [0.15, 0.2) is 0 Å². The molecule has 0 fully saturated rings. The fourth-order valence-corrected chi connectivity index (χ4v) is 1.42. The van der Waals surface area contributed by atoms with Crippen LogP contribution in [0.5, 0.6) is 0 Å². The quantitative estimate of drug-likeness (QED) is 0.756. The molecule has 1 aromatic rings. The fraction of sp³-hybridized carbons (Fsp3) is 0.533. The minimum absolute atomic E-state index is 0.237. The van der Waals surface area contributed by atoms with Crippen LogP contribution in [0.15, 0.2) is 24.3 Å². The normalized spacial score (nSPS) is 12.3. The molecule has 0 heterocycles. The van der Waals surface area contributed by atoms with E-state index in [4.69, 9.17) is 4.74 Å². The van der Waals surface area contributed by atoms with Crippen LogP contribution in [0.4, 0.5) is 4.39 Å². The van der Waals surface area contributed by atoms with Crippen LogP contribution in [0.25, 0.3) is 0 Å². The van der Waals surface area contributed by atoms with Crippen molar-refractivity contribution < 1.29 is 13.9 Å². The Morgan fingerprint density at radius 1 is 1.17 bits per heavy atom. The third kappa shape index (κ3) is 3.31. The summed E-state index contributed by atoms with van der Waals surface area (Å²) in [6.45, 7) is 9.28. The molecule has 0 aromatic heterocycles. The molecule has 100 valence electrons. The first-order valence-corrected chi connectivity index (χ1v) is 6.18. The third-order valence-electron chi connectivity index (χ3n) is 3.32. The monoisotopic (exact) mass is 252 g/mol. The molecular weight excluding hydrogens is 231 g/mol. The first-order valence-electron chi connectivity index (χ1n) is 6.18. The first-order chi connectivity index (χ1) is 8.19. The van der Waals surface area contributed by atoms with Gasteiger partial charge in [-0.1, -0.05) is 19.1 Å². The molecule has 0 N–H and O–H groups in total. The van der Waals surface area contributed by atoms with Gasteiger partial charge in [-0.05, 0) is 51.8 Å². The minimum Gasteiger partial charge on any atom is -0.454 e. The van der Waals surface area contributed by atoms with Gasteiger partial charge in [-0.25, -0.2) is 4.39 Å². The maximum absolute atomic E-state index is 12.9. The number of rotatable bonds is 4. The summed E-state index contributed by atoms with van der Waals surface area (Å²) >= 11 is 0. The van der Waals surface area contributed by atoms with Gasteiger partial charge in [0.25, 0.3) is 0 Å². The number of hydrogen-bond acceptors (Lipinski definition) is 2. The van der Waals surface area contributed by atoms with Crippen LogP contribution >= 0.6 is 0 Å². The summed E-state index contributed by atoms with van der Waals surface area (Å²) in [5.74, 6) is -0.533. The minimum atomic E-state index is -0.753. The van der Waals surface area contributed by atoms with Crippen molar-refractivity contribution in [2.24, 2.45) is 5.41 Å². The molecule has 0 aliphatic rings. The van der Waals surface area contributed by atoms with Gasteiger partial charge in [0.1, 0.15) is 11.4 Å². The molecule has 1 aromatic carbocycles. The summed E-state index contributed by atoms with van der Waals surface area (Å²) in [4.78, 5) is 12.1. The highest BCUT2D eigenvalue weighted by molar-refractivity contribution is 5.76. The lowest BCUT2D eigenvalue weighted by molar-refractivity contribution is -0.168. The van der Waals surface area contributed by atoms with Gasteiger partial charge in [0.05, 0.1) is 5.41 Å². The lowest BCUT2D eigenvalue weighted by atomic mass is 9.89. The van der Waals surface area contributed by atoms with Crippen LogP contribution < -0.4 is 0 Å². The Hall–Kier alpha value is -1.38. The summed E-state index contributed by atoms with van der Waals surface area (Å²) < 4.78 is 18.4. The highest BCUT2D eigenvalue weighted by Crippen LogP contribution is 2.30. The van der Waals surface area contributed by atoms with Gasteiger partial charge in [0.2, 0.25) is 0 Å². The second-order valence-corrected chi connectivity index (χ2v) is 5.64. The van der Waals surface area contributed by atoms with Crippen LogP contribution in [0, 0.1) is 11.2 Å². The Morgan fingerprint density at radius 3 is 2.11 bits per heavy atom. The zero-order valence-electron chi connectivity index (χ0n) is 11.7. The standard InChI is InChI=1S/C15H21FO2/c1-6-14(2,3)13(17)18-15(4,5)11-7-9-12(16)10-8-11/h7-10H,6H2,1-5H3. The molecule has 0 atom stereocenters. The van der Waals surface area contributed by atoms with Crippen molar-refractivity contribution >= 4 is 5.97 Å². The highest BCUT2D eigenvalue weighted by atomic mass is 19.1. The SMILES string of the molecule is CCC(C)(C)C(=O)OC(C)(C)c1ccc(F)cc1. The van der Waals surface area contributed by atoms with E-state index in [0.717, 1.165) is 5.56 Å². The van der Waals surface area contributed by atoms with E-state index < -0.39 is 11.0 Å². The van der Waals surface area contributed by atoms with Crippen molar-refractivity contribution in [3.8, 4) is 0 Å². The van der Waals surface area contributed by atoms with Crippen molar-refractivity contribution in [1.29, 1.82) is 0 Å². The molecule has 0 radical (unpaired) electrons. The molecule has 0 saturated carbocycles. The molecule has 0 aliphatic carbocycles. The maximum atomic E-state index is 12.9. The molecule has 0 saturated heterocycles. The molecule has 0 spiro atoms. The zero-order chi connectivity index (χ0) is 14.0. The Kier molecular flexibility index (Phi) is 4.15. The van der Waals surface area contributed by atoms with Crippen molar-refractivity contribution in [2.75, 3.05) is 0 Å². The van der Waals surface area contributed by atoms with E-state index in [1.807, 2.05) is 34.6 Å². The molecule has 0 aliphatic heterocycles. The van der Waals surface area contributed by atoms with Crippen molar-refractivity contribution in [3.63, 3.8) is 0 Å². The lowest BCUT2D eigenvalue weighted by Crippen LogP contribution is -2.33. The number of halogens is 1. The third-order valence-corrected chi connectivity index (χ3v) is 3.32. The summed E-state index contributed by atoms with van der Waals surface area (Å²) in [5.41, 5.74) is -0.474. The largest absolute Gasteiger partial charge is 0.454 e. The second kappa shape index (κ2) is 5.09. The molecule has 1 rings (SSSR count). The highest BCUT2D eigenvalue weighted by Gasteiger charge is 2.33. The van der Waals surface area contributed by atoms with Crippen molar-refractivity contribution in [3.05, 3.63) is 35.6 Å². The van der Waals surface area contributed by atoms with Gasteiger partial charge in [-0.3, -0.25) is 4.79 Å². The number of esters is 1. The molecule has 0 amide bonds. The first kappa shape index (κ1) is 14.7. The van der Waals surface area contributed by atoms with Crippen LogP contribution in [-0.4, -0.2) is 5.97 Å². The average molecular weight is 252 g/mol. The van der Waals surface area contributed by atoms with E-state index in [9.17, 15) is 9.18 Å². The van der Waals surface area contributed by atoms with Gasteiger partial charge < -0.3 is 4.74 Å². The molecule has 18 heavy (non-hydrogen) atoms. The number of hydrogen-bond donors (Lipinski definition) is 0. The summed E-state index contributed by atoms with van der Waals surface area (Å²) in [6.07, 6.45) is 0.714. The van der Waals surface area contributed by atoms with Crippen molar-refractivity contribution in [2.45, 2.75) is 46.6 Å². The van der Waals surface area contributed by atoms with Crippen LogP contribution in [0.1, 0.15) is 46.6 Å². The number of benzene rings is 1. The molecule has 2 nitrogen and oxygen atoms in total. The van der Waals surface area contributed by atoms with Gasteiger partial charge in [-0.15, -0.1) is 0 Å². The van der Waals surface area contributed by atoms with E-state index in [2.05, 4.69) is 0 Å². The van der Waals surface area contributed by atoms with Gasteiger partial charge in [0, 0.05) is 0 Å². The molecule has 0 unspecified atom stereocenters. The Labute approximate surface area is 108 Å². The number of carbonyl (C=O) groups is 1. The Morgan fingerprint density at radius 2 is 1.67 bits per heavy atom. The predicted octanol–water partition coefficient (Wildman–Crippen LogP) is 4.04. The second-order valence-electron chi connectivity index (χ2n) is 5.64. The van der Waals surface area contributed by atoms with Crippen LogP contribution in [0.2, 0.25) is 0 Å². The lowest BCUT2D eigenvalue weighted by Gasteiger charge is -2.30. The van der Waals surface area contributed by atoms with E-state index in [1.54, 1.807) is 12.1 Å². The number of ether oxygens (including phenoxy) is 1. The van der Waals surface area contributed by atoms with Gasteiger partial charge in [-0.2, -0.15) is 0 Å². The van der Waals surface area contributed by atoms with Crippen LogP contribution in [-0.2, 0) is 15.1 Å². The van der Waals surface area contributed by atoms with E-state index in [1.165, 1.54) is 12.1 Å². The topological polar surface area (TPSA) is 26.3 Å². The summed E-state index contributed by atoms with van der Waals surface area (Å²) in [7, 11) is 0. The van der Waals surface area contributed by atoms with E-state index in [0.29, 0.717) is 6.42 Å². The fourth-order valence-electron chi connectivity index (χ4n) is 1.42. The Balaban J connectivity index is 2.88. The van der Waals surface area contributed by atoms with Crippen LogP contribution in [0.3, 0.4) is 0 Å². The molecule has 3 heteroatoms. The van der Waals surface area contributed by atoms with E-state index >= 15 is 0 Å². The smallest absolute Gasteiger partial charge is 0.312 e. The average Bonchev–Trinajstić information content (AvgIpc) is 2.29.